The maximum Gasteiger partial charge on any atom is -0.00189 e. The quantitative estimate of drug-likeness (QED) is 0.121. The Labute approximate surface area is 214 Å². The SMILES string of the molecule is C=CC=C(C=C(C)CCC)C(C)=C=CC(=CC)CC(C)CCC1CCCC(CCCCCC)C1. The van der Waals surface area contributed by atoms with Gasteiger partial charge in [-0.25, -0.2) is 0 Å². The van der Waals surface area contributed by atoms with Gasteiger partial charge in [-0.3, -0.25) is 0 Å². The Bertz CT molecular complexity index is 719. The van der Waals surface area contributed by atoms with Crippen LogP contribution in [0.1, 0.15) is 131 Å². The highest BCUT2D eigenvalue weighted by Crippen LogP contribution is 2.36. The molecule has 0 amide bonds. The minimum Gasteiger partial charge on any atom is -0.117 e. The molecule has 1 saturated carbocycles. The second-order valence-corrected chi connectivity index (χ2v) is 11.0. The van der Waals surface area contributed by atoms with Gasteiger partial charge in [-0.1, -0.05) is 128 Å². The van der Waals surface area contributed by atoms with Crippen LogP contribution in [0.3, 0.4) is 0 Å². The topological polar surface area (TPSA) is 0 Å². The molecule has 1 aliphatic carbocycles. The molecule has 0 bridgehead atoms. The van der Waals surface area contributed by atoms with Crippen LogP contribution in [0, 0.1) is 17.8 Å². The van der Waals surface area contributed by atoms with E-state index in [4.69, 9.17) is 0 Å². The highest BCUT2D eigenvalue weighted by molar-refractivity contribution is 5.42. The Kier molecular flexibility index (Phi) is 16.8. The molecule has 1 fully saturated rings. The third-order valence-corrected chi connectivity index (χ3v) is 7.63. The third kappa shape index (κ3) is 13.4. The summed E-state index contributed by atoms with van der Waals surface area (Å²) in [5.41, 5.74) is 8.82. The summed E-state index contributed by atoms with van der Waals surface area (Å²) >= 11 is 0. The predicted molar refractivity (Wildman–Crippen MR) is 155 cm³/mol. The Hall–Kier alpha value is -1.52. The van der Waals surface area contributed by atoms with Gasteiger partial charge in [0, 0.05) is 0 Å². The van der Waals surface area contributed by atoms with Crippen molar-refractivity contribution in [3.63, 3.8) is 0 Å². The molecule has 0 aromatic rings. The molecule has 1 aliphatic rings. The summed E-state index contributed by atoms with van der Waals surface area (Å²) in [6.07, 6.45) is 30.2. The van der Waals surface area contributed by atoms with E-state index in [9.17, 15) is 0 Å². The first kappa shape index (κ1) is 30.5. The largest absolute Gasteiger partial charge is 0.117 e. The number of allylic oxidation sites excluding steroid dienone is 8. The minimum absolute atomic E-state index is 0.740. The molecule has 0 radical (unpaired) electrons. The first-order chi connectivity index (χ1) is 16.4. The van der Waals surface area contributed by atoms with Crippen molar-refractivity contribution in [2.45, 2.75) is 131 Å². The molecular weight excluding hydrogens is 408 g/mol. The van der Waals surface area contributed by atoms with Crippen LogP contribution in [0.15, 0.2) is 65.0 Å². The van der Waals surface area contributed by atoms with Gasteiger partial charge in [-0.15, -0.1) is 5.73 Å². The Morgan fingerprint density at radius 1 is 1.03 bits per heavy atom. The minimum atomic E-state index is 0.740. The van der Waals surface area contributed by atoms with Crippen LogP contribution in [-0.2, 0) is 0 Å². The van der Waals surface area contributed by atoms with E-state index in [-0.39, 0.29) is 0 Å². The number of hydrogen-bond acceptors (Lipinski definition) is 0. The van der Waals surface area contributed by atoms with E-state index >= 15 is 0 Å². The molecule has 192 valence electrons. The molecule has 34 heavy (non-hydrogen) atoms. The van der Waals surface area contributed by atoms with Crippen LogP contribution >= 0.6 is 0 Å². The summed E-state index contributed by atoms with van der Waals surface area (Å²) in [6.45, 7) is 17.5. The maximum absolute atomic E-state index is 3.90. The van der Waals surface area contributed by atoms with Crippen LogP contribution in [0.4, 0.5) is 0 Å². The van der Waals surface area contributed by atoms with Crippen molar-refractivity contribution in [2.75, 3.05) is 0 Å². The summed E-state index contributed by atoms with van der Waals surface area (Å²) < 4.78 is 0. The van der Waals surface area contributed by atoms with Gasteiger partial charge < -0.3 is 0 Å². The fourth-order valence-electron chi connectivity index (χ4n) is 5.50. The number of rotatable bonds is 16. The number of hydrogen-bond donors (Lipinski definition) is 0. The molecule has 0 saturated heterocycles. The average molecular weight is 465 g/mol. The molecular formula is C34H56. The Morgan fingerprint density at radius 2 is 1.76 bits per heavy atom. The fraction of sp³-hybridized carbons (Fsp3) is 0.676. The van der Waals surface area contributed by atoms with Gasteiger partial charge in [0.2, 0.25) is 0 Å². The van der Waals surface area contributed by atoms with Crippen LogP contribution in [-0.4, -0.2) is 0 Å². The third-order valence-electron chi connectivity index (χ3n) is 7.63. The van der Waals surface area contributed by atoms with Crippen molar-refractivity contribution in [2.24, 2.45) is 17.8 Å². The molecule has 0 nitrogen and oxygen atoms in total. The van der Waals surface area contributed by atoms with Crippen molar-refractivity contribution in [3.8, 4) is 0 Å². The zero-order valence-corrected chi connectivity index (χ0v) is 23.7. The Morgan fingerprint density at radius 3 is 2.41 bits per heavy atom. The average Bonchev–Trinajstić information content (AvgIpc) is 2.83. The zero-order valence-electron chi connectivity index (χ0n) is 23.7. The van der Waals surface area contributed by atoms with E-state index in [1.165, 1.54) is 99.3 Å². The summed E-state index contributed by atoms with van der Waals surface area (Å²) in [6, 6.07) is 0. The lowest BCUT2D eigenvalue weighted by atomic mass is 9.76. The summed E-state index contributed by atoms with van der Waals surface area (Å²) in [5, 5.41) is 0. The van der Waals surface area contributed by atoms with Gasteiger partial charge >= 0.3 is 0 Å². The second kappa shape index (κ2) is 18.8. The van der Waals surface area contributed by atoms with Crippen LogP contribution in [0.25, 0.3) is 0 Å². The predicted octanol–water partition coefficient (Wildman–Crippen LogP) is 11.5. The normalized spacial score (nSPS) is 20.6. The molecule has 0 aromatic heterocycles. The molecule has 0 spiro atoms. The molecule has 1 rings (SSSR count). The van der Waals surface area contributed by atoms with E-state index in [1.54, 1.807) is 0 Å². The molecule has 0 N–H and O–H groups in total. The van der Waals surface area contributed by atoms with E-state index in [1.807, 2.05) is 6.08 Å². The molecule has 0 heteroatoms. The van der Waals surface area contributed by atoms with Crippen LogP contribution in [0.2, 0.25) is 0 Å². The van der Waals surface area contributed by atoms with Gasteiger partial charge in [0.25, 0.3) is 0 Å². The van der Waals surface area contributed by atoms with Gasteiger partial charge in [-0.05, 0) is 80.6 Å². The highest BCUT2D eigenvalue weighted by atomic mass is 14.3. The van der Waals surface area contributed by atoms with Gasteiger partial charge in [0.15, 0.2) is 0 Å². The van der Waals surface area contributed by atoms with E-state index in [2.05, 4.69) is 78.2 Å². The molecule has 0 aliphatic heterocycles. The van der Waals surface area contributed by atoms with Gasteiger partial charge in [0.1, 0.15) is 0 Å². The molecule has 0 aromatic carbocycles. The summed E-state index contributed by atoms with van der Waals surface area (Å²) in [5.74, 6) is 2.73. The van der Waals surface area contributed by atoms with Gasteiger partial charge in [-0.2, -0.15) is 0 Å². The van der Waals surface area contributed by atoms with Crippen LogP contribution in [0.5, 0.6) is 0 Å². The lowest BCUT2D eigenvalue weighted by molar-refractivity contribution is 0.229. The maximum atomic E-state index is 3.90. The van der Waals surface area contributed by atoms with Crippen molar-refractivity contribution in [1.29, 1.82) is 0 Å². The summed E-state index contributed by atoms with van der Waals surface area (Å²) in [7, 11) is 0. The van der Waals surface area contributed by atoms with Crippen molar-refractivity contribution in [3.05, 3.63) is 65.0 Å². The first-order valence-electron chi connectivity index (χ1n) is 14.5. The second-order valence-electron chi connectivity index (χ2n) is 11.0. The smallest absolute Gasteiger partial charge is 0.00189 e. The zero-order chi connectivity index (χ0) is 25.2. The molecule has 3 atom stereocenters. The van der Waals surface area contributed by atoms with E-state index in [0.29, 0.717) is 0 Å². The standard InChI is InChI=1S/C34H56/c1-8-12-13-14-18-32-19-15-20-33(27-32)23-21-29(6)25-31(11-4)24-22-30(7)34(17-10-3)26-28(5)16-9-2/h10-11,17,24,26,29,32-33H,3,8-9,12-16,18-21,23,25,27H2,1-2,4-7H3. The molecule has 3 unspecified atom stereocenters. The molecule has 0 heterocycles. The fourth-order valence-corrected chi connectivity index (χ4v) is 5.50. The lowest BCUT2D eigenvalue weighted by Gasteiger charge is -2.30. The van der Waals surface area contributed by atoms with Crippen molar-refractivity contribution >= 4 is 0 Å². The van der Waals surface area contributed by atoms with E-state index < -0.39 is 0 Å². The Balaban J connectivity index is 2.60. The number of unbranched alkanes of at least 4 members (excludes halogenated alkanes) is 3. The van der Waals surface area contributed by atoms with Crippen molar-refractivity contribution < 1.29 is 0 Å². The lowest BCUT2D eigenvalue weighted by Crippen LogP contribution is -2.16. The highest BCUT2D eigenvalue weighted by Gasteiger charge is 2.22. The monoisotopic (exact) mass is 464 g/mol. The van der Waals surface area contributed by atoms with Gasteiger partial charge in [0.05, 0.1) is 0 Å². The first-order valence-corrected chi connectivity index (χ1v) is 14.5. The van der Waals surface area contributed by atoms with E-state index in [0.717, 1.165) is 30.6 Å². The summed E-state index contributed by atoms with van der Waals surface area (Å²) in [4.78, 5) is 0. The van der Waals surface area contributed by atoms with Crippen molar-refractivity contribution in [1.82, 2.24) is 0 Å². The van der Waals surface area contributed by atoms with Crippen LogP contribution < -0.4 is 0 Å².